The minimum absolute atomic E-state index is 0.523. The zero-order chi connectivity index (χ0) is 10.1. The van der Waals surface area contributed by atoms with Crippen molar-refractivity contribution in [2.45, 2.75) is 6.92 Å². The predicted octanol–water partition coefficient (Wildman–Crippen LogP) is 2.02. The average molecular weight is 220 g/mol. The molecule has 1 N–H and O–H groups in total. The third-order valence-electron chi connectivity index (χ3n) is 1.56. The first-order chi connectivity index (χ1) is 5.90. The van der Waals surface area contributed by atoms with E-state index in [1.54, 1.807) is 25.1 Å². The highest BCUT2D eigenvalue weighted by molar-refractivity contribution is 7.92. The second kappa shape index (κ2) is 3.55. The average Bonchev–Trinajstić information content (AvgIpc) is 1.96. The van der Waals surface area contributed by atoms with Gasteiger partial charge in [0.25, 0.3) is 0 Å². The number of rotatable bonds is 2. The Morgan fingerprint density at radius 2 is 2.00 bits per heavy atom. The maximum absolute atomic E-state index is 10.9. The predicted molar refractivity (Wildman–Crippen MR) is 54.7 cm³/mol. The van der Waals surface area contributed by atoms with Crippen LogP contribution in [0.3, 0.4) is 0 Å². The van der Waals surface area contributed by atoms with Gasteiger partial charge in [-0.3, -0.25) is 4.72 Å². The van der Waals surface area contributed by atoms with Gasteiger partial charge < -0.3 is 0 Å². The van der Waals surface area contributed by atoms with Gasteiger partial charge >= 0.3 is 0 Å². The van der Waals surface area contributed by atoms with Gasteiger partial charge in [0.2, 0.25) is 10.0 Å². The minimum atomic E-state index is -3.23. The van der Waals surface area contributed by atoms with Crippen molar-refractivity contribution >= 4 is 27.3 Å². The zero-order valence-corrected chi connectivity index (χ0v) is 8.91. The lowest BCUT2D eigenvalue weighted by Crippen LogP contribution is -2.10. The van der Waals surface area contributed by atoms with Crippen molar-refractivity contribution in [2.24, 2.45) is 0 Å². The van der Waals surface area contributed by atoms with Crippen molar-refractivity contribution in [2.75, 3.05) is 11.0 Å². The van der Waals surface area contributed by atoms with Crippen molar-refractivity contribution in [3.63, 3.8) is 0 Å². The fourth-order valence-electron chi connectivity index (χ4n) is 0.918. The Bertz CT molecular complexity index is 414. The van der Waals surface area contributed by atoms with Crippen molar-refractivity contribution in [1.82, 2.24) is 0 Å². The Hall–Kier alpha value is -0.740. The molecule has 0 amide bonds. The van der Waals surface area contributed by atoms with E-state index in [1.807, 2.05) is 0 Å². The summed E-state index contributed by atoms with van der Waals surface area (Å²) >= 11 is 5.81. The van der Waals surface area contributed by atoms with E-state index in [0.29, 0.717) is 10.7 Å². The minimum Gasteiger partial charge on any atom is -0.283 e. The molecule has 1 aromatic carbocycles. The molecule has 13 heavy (non-hydrogen) atoms. The Labute approximate surface area is 82.8 Å². The van der Waals surface area contributed by atoms with Crippen molar-refractivity contribution < 1.29 is 8.42 Å². The highest BCUT2D eigenvalue weighted by Crippen LogP contribution is 2.23. The molecule has 5 heteroatoms. The van der Waals surface area contributed by atoms with Gasteiger partial charge in [-0.2, -0.15) is 0 Å². The quantitative estimate of drug-likeness (QED) is 0.827. The van der Waals surface area contributed by atoms with Crippen LogP contribution >= 0.6 is 11.6 Å². The van der Waals surface area contributed by atoms with Crippen LogP contribution < -0.4 is 4.72 Å². The topological polar surface area (TPSA) is 46.2 Å². The first kappa shape index (κ1) is 10.3. The van der Waals surface area contributed by atoms with Gasteiger partial charge in [0.15, 0.2) is 0 Å². The lowest BCUT2D eigenvalue weighted by Gasteiger charge is -2.07. The maximum atomic E-state index is 10.9. The highest BCUT2D eigenvalue weighted by atomic mass is 35.5. The molecule has 0 aliphatic rings. The summed E-state index contributed by atoms with van der Waals surface area (Å²) in [6, 6.07) is 5.08. The van der Waals surface area contributed by atoms with E-state index >= 15 is 0 Å². The van der Waals surface area contributed by atoms with Gasteiger partial charge in [0.05, 0.1) is 11.9 Å². The van der Waals surface area contributed by atoms with Crippen molar-refractivity contribution in [3.05, 3.63) is 28.8 Å². The fraction of sp³-hybridized carbons (Fsp3) is 0.250. The van der Waals surface area contributed by atoms with Crippen LogP contribution in [0.4, 0.5) is 5.69 Å². The molecular weight excluding hydrogens is 210 g/mol. The molecule has 0 saturated carbocycles. The Morgan fingerprint density at radius 3 is 2.54 bits per heavy atom. The molecular formula is C8H10ClNO2S. The summed E-state index contributed by atoms with van der Waals surface area (Å²) in [5.74, 6) is 0. The second-order valence-corrected chi connectivity index (χ2v) is 4.94. The first-order valence-electron chi connectivity index (χ1n) is 3.63. The summed E-state index contributed by atoms with van der Waals surface area (Å²) in [6.45, 7) is 1.76. The molecule has 0 aromatic heterocycles. The third kappa shape index (κ3) is 2.90. The molecule has 0 saturated heterocycles. The monoisotopic (exact) mass is 219 g/mol. The number of benzene rings is 1. The van der Waals surface area contributed by atoms with E-state index < -0.39 is 10.0 Å². The van der Waals surface area contributed by atoms with Gasteiger partial charge in [-0.15, -0.1) is 0 Å². The summed E-state index contributed by atoms with van der Waals surface area (Å²) in [6.07, 6.45) is 1.10. The molecule has 0 atom stereocenters. The molecule has 3 nitrogen and oxygen atoms in total. The van der Waals surface area contributed by atoms with Crippen LogP contribution in [-0.4, -0.2) is 14.7 Å². The third-order valence-corrected chi connectivity index (χ3v) is 2.56. The van der Waals surface area contributed by atoms with Crippen LogP contribution in [0.5, 0.6) is 0 Å². The number of hydrogen-bond donors (Lipinski definition) is 1. The van der Waals surface area contributed by atoms with E-state index in [0.717, 1.165) is 11.8 Å². The van der Waals surface area contributed by atoms with Crippen LogP contribution in [0.2, 0.25) is 5.02 Å². The molecule has 1 aromatic rings. The molecule has 0 radical (unpaired) electrons. The molecule has 0 aliphatic heterocycles. The number of sulfonamides is 1. The van der Waals surface area contributed by atoms with E-state index in [1.165, 1.54) is 0 Å². The van der Waals surface area contributed by atoms with Gasteiger partial charge in [-0.05, 0) is 24.6 Å². The molecule has 0 spiro atoms. The van der Waals surface area contributed by atoms with Gasteiger partial charge in [0.1, 0.15) is 0 Å². The maximum Gasteiger partial charge on any atom is 0.229 e. The van der Waals surface area contributed by atoms with E-state index in [-0.39, 0.29) is 0 Å². The number of hydrogen-bond acceptors (Lipinski definition) is 2. The van der Waals surface area contributed by atoms with Gasteiger partial charge in [-0.25, -0.2) is 8.42 Å². The largest absolute Gasteiger partial charge is 0.283 e. The normalized spacial score (nSPS) is 11.3. The Morgan fingerprint density at radius 1 is 1.38 bits per heavy atom. The smallest absolute Gasteiger partial charge is 0.229 e. The molecule has 0 heterocycles. The van der Waals surface area contributed by atoms with Crippen LogP contribution in [0.1, 0.15) is 5.56 Å². The van der Waals surface area contributed by atoms with Gasteiger partial charge in [-0.1, -0.05) is 17.7 Å². The van der Waals surface area contributed by atoms with Gasteiger partial charge in [0, 0.05) is 5.02 Å². The second-order valence-electron chi connectivity index (χ2n) is 2.79. The Balaban J connectivity index is 3.10. The van der Waals surface area contributed by atoms with Crippen LogP contribution in [-0.2, 0) is 10.0 Å². The summed E-state index contributed by atoms with van der Waals surface area (Å²) < 4.78 is 24.2. The lowest BCUT2D eigenvalue weighted by atomic mass is 10.2. The van der Waals surface area contributed by atoms with Crippen LogP contribution in [0.15, 0.2) is 18.2 Å². The van der Waals surface area contributed by atoms with E-state index in [2.05, 4.69) is 4.72 Å². The number of anilines is 1. The number of nitrogens with one attached hydrogen (secondary N) is 1. The fourth-order valence-corrected chi connectivity index (χ4v) is 1.71. The molecule has 0 aliphatic carbocycles. The summed E-state index contributed by atoms with van der Waals surface area (Å²) in [7, 11) is -3.23. The standard InChI is InChI=1S/C8H10ClNO2S/c1-6-7(9)4-3-5-8(6)10-13(2,11)12/h3-5,10H,1-2H3. The molecule has 72 valence electrons. The zero-order valence-electron chi connectivity index (χ0n) is 7.33. The van der Waals surface area contributed by atoms with Crippen LogP contribution in [0.25, 0.3) is 0 Å². The Kier molecular flexibility index (Phi) is 2.83. The van der Waals surface area contributed by atoms with Crippen molar-refractivity contribution in [1.29, 1.82) is 0 Å². The molecule has 1 rings (SSSR count). The van der Waals surface area contributed by atoms with Crippen molar-refractivity contribution in [3.8, 4) is 0 Å². The van der Waals surface area contributed by atoms with E-state index in [9.17, 15) is 8.42 Å². The van der Waals surface area contributed by atoms with Crippen LogP contribution in [0, 0.1) is 6.92 Å². The SMILES string of the molecule is Cc1c(Cl)cccc1NS(C)(=O)=O. The first-order valence-corrected chi connectivity index (χ1v) is 5.90. The lowest BCUT2D eigenvalue weighted by molar-refractivity contribution is 0.607. The molecule has 0 unspecified atom stereocenters. The number of halogens is 1. The van der Waals surface area contributed by atoms with E-state index in [4.69, 9.17) is 11.6 Å². The summed E-state index contributed by atoms with van der Waals surface area (Å²) in [5, 5.41) is 0.550. The molecule has 0 fully saturated rings. The highest BCUT2D eigenvalue weighted by Gasteiger charge is 2.05. The summed E-state index contributed by atoms with van der Waals surface area (Å²) in [4.78, 5) is 0. The summed E-state index contributed by atoms with van der Waals surface area (Å²) in [5.41, 5.74) is 1.25. The molecule has 0 bridgehead atoms.